The molecule has 0 radical (unpaired) electrons. The van der Waals surface area contributed by atoms with Crippen molar-refractivity contribution in [3.63, 3.8) is 0 Å². The van der Waals surface area contributed by atoms with E-state index in [1.54, 1.807) is 41.3 Å². The zero-order valence-electron chi connectivity index (χ0n) is 14.9. The van der Waals surface area contributed by atoms with Crippen molar-refractivity contribution in [2.24, 2.45) is 15.7 Å². The van der Waals surface area contributed by atoms with Crippen molar-refractivity contribution in [1.29, 1.82) is 0 Å². The second-order valence-corrected chi connectivity index (χ2v) is 6.86. The van der Waals surface area contributed by atoms with E-state index in [0.717, 1.165) is 17.0 Å². The molecule has 0 spiro atoms. The lowest BCUT2D eigenvalue weighted by Gasteiger charge is -2.17. The average molecular weight is 408 g/mol. The van der Waals surface area contributed by atoms with E-state index in [0.29, 0.717) is 17.3 Å². The van der Waals surface area contributed by atoms with E-state index in [2.05, 4.69) is 9.98 Å². The highest BCUT2D eigenvalue weighted by atomic mass is 35.5. The molecular weight excluding hydrogens is 388 g/mol. The maximum Gasteiger partial charge on any atom is 0.217 e. The third-order valence-corrected chi connectivity index (χ3v) is 4.54. The fourth-order valence-electron chi connectivity index (χ4n) is 2.88. The van der Waals surface area contributed by atoms with E-state index < -0.39 is 12.2 Å². The van der Waals surface area contributed by atoms with E-state index in [-0.39, 0.29) is 24.9 Å². The van der Waals surface area contributed by atoms with Crippen molar-refractivity contribution < 1.29 is 14.0 Å². The van der Waals surface area contributed by atoms with Crippen LogP contribution in [0, 0.1) is 5.82 Å². The smallest absolute Gasteiger partial charge is 0.217 e. The van der Waals surface area contributed by atoms with Crippen LogP contribution in [0.3, 0.4) is 0 Å². The number of alkyl halides is 1. The molecule has 0 saturated carbocycles. The number of nitrogens with two attached hydrogens (primary N) is 1. The van der Waals surface area contributed by atoms with Crippen LogP contribution in [-0.2, 0) is 6.54 Å². The lowest BCUT2D eigenvalue weighted by molar-refractivity contribution is -0.0163. The first-order valence-corrected chi connectivity index (χ1v) is 9.00. The normalized spacial score (nSPS) is 20.1. The molecule has 0 bridgehead atoms. The summed E-state index contributed by atoms with van der Waals surface area (Å²) >= 11 is 5.81. The first-order valence-electron chi connectivity index (χ1n) is 8.63. The van der Waals surface area contributed by atoms with Crippen molar-refractivity contribution in [1.82, 2.24) is 5.06 Å². The first-order chi connectivity index (χ1) is 13.4. The number of nitrogens with zero attached hydrogens (tertiary/aromatic N) is 4. The predicted octanol–water partition coefficient (Wildman–Crippen LogP) is 3.24. The topological polar surface area (TPSA) is 77.4 Å². The van der Waals surface area contributed by atoms with Crippen LogP contribution < -0.4 is 10.6 Å². The number of guanidine groups is 1. The molecule has 3 rings (SSSR count). The van der Waals surface area contributed by atoms with Crippen molar-refractivity contribution >= 4 is 29.6 Å². The van der Waals surface area contributed by atoms with Crippen molar-refractivity contribution in [3.05, 3.63) is 64.9 Å². The Kier molecular flexibility index (Phi) is 6.43. The lowest BCUT2D eigenvalue weighted by Crippen LogP contribution is -2.24. The zero-order valence-corrected chi connectivity index (χ0v) is 15.7. The Labute approximate surface area is 166 Å². The molecule has 2 aromatic carbocycles. The minimum Gasteiger partial charge on any atom is -0.368 e. The summed E-state index contributed by atoms with van der Waals surface area (Å²) in [4.78, 5) is 9.73. The van der Waals surface area contributed by atoms with Gasteiger partial charge in [0, 0.05) is 17.3 Å². The summed E-state index contributed by atoms with van der Waals surface area (Å²) in [7, 11) is 0. The highest BCUT2D eigenvalue weighted by molar-refractivity contribution is 6.30. The van der Waals surface area contributed by atoms with Gasteiger partial charge in [-0.05, 0) is 42.0 Å². The van der Waals surface area contributed by atoms with Crippen molar-refractivity contribution in [2.45, 2.75) is 18.8 Å². The van der Waals surface area contributed by atoms with Crippen LogP contribution in [0.5, 0.6) is 0 Å². The monoisotopic (exact) mass is 407 g/mol. The Morgan fingerprint density at radius 2 is 1.89 bits per heavy atom. The van der Waals surface area contributed by atoms with E-state index >= 15 is 0 Å². The molecule has 1 fully saturated rings. The summed E-state index contributed by atoms with van der Waals surface area (Å²) < 4.78 is 27.3. The SMILES string of the molecule is NC(N=CN(O)Cc1ccc(Cl)cc1)=N[C@@H]1CN(c2ccc(F)cc2)C[C@H]1F. The highest BCUT2D eigenvalue weighted by Crippen LogP contribution is 2.24. The number of hydrogen-bond donors (Lipinski definition) is 2. The predicted molar refractivity (Wildman–Crippen MR) is 106 cm³/mol. The molecular formula is C19H20ClF2N5O. The molecule has 148 valence electrons. The third kappa shape index (κ3) is 5.40. The van der Waals surface area contributed by atoms with E-state index in [4.69, 9.17) is 17.3 Å². The molecule has 2 atom stereocenters. The second-order valence-electron chi connectivity index (χ2n) is 6.42. The van der Waals surface area contributed by atoms with Crippen LogP contribution >= 0.6 is 11.6 Å². The summed E-state index contributed by atoms with van der Waals surface area (Å²) in [6.07, 6.45) is -0.106. The fourth-order valence-corrected chi connectivity index (χ4v) is 3.00. The molecule has 0 aliphatic carbocycles. The van der Waals surface area contributed by atoms with Crippen LogP contribution in [0.4, 0.5) is 14.5 Å². The minimum absolute atomic E-state index is 0.135. The first kappa shape index (κ1) is 20.0. The molecule has 0 unspecified atom stereocenters. The van der Waals surface area contributed by atoms with Gasteiger partial charge < -0.3 is 10.6 Å². The maximum absolute atomic E-state index is 14.3. The molecule has 3 N–H and O–H groups in total. The molecule has 1 heterocycles. The van der Waals surface area contributed by atoms with Gasteiger partial charge in [-0.3, -0.25) is 5.21 Å². The van der Waals surface area contributed by atoms with Crippen molar-refractivity contribution in [2.75, 3.05) is 18.0 Å². The number of anilines is 1. The number of aliphatic imine (C=N–C) groups is 2. The average Bonchev–Trinajstić information content (AvgIpc) is 3.03. The van der Waals surface area contributed by atoms with Crippen LogP contribution in [0.1, 0.15) is 5.56 Å². The van der Waals surface area contributed by atoms with Gasteiger partial charge in [-0.15, -0.1) is 0 Å². The molecule has 2 aromatic rings. The molecule has 1 aliphatic heterocycles. The largest absolute Gasteiger partial charge is 0.368 e. The van der Waals surface area contributed by atoms with Gasteiger partial charge in [-0.1, -0.05) is 23.7 Å². The van der Waals surface area contributed by atoms with Gasteiger partial charge in [0.2, 0.25) is 5.96 Å². The summed E-state index contributed by atoms with van der Waals surface area (Å²) in [6, 6.07) is 12.1. The second kappa shape index (κ2) is 8.99. The van der Waals surface area contributed by atoms with Crippen LogP contribution in [-0.4, -0.2) is 47.9 Å². The van der Waals surface area contributed by atoms with Gasteiger partial charge in [0.05, 0.1) is 13.1 Å². The summed E-state index contributed by atoms with van der Waals surface area (Å²) in [5, 5.41) is 11.3. The van der Waals surface area contributed by atoms with Crippen molar-refractivity contribution in [3.8, 4) is 0 Å². The quantitative estimate of drug-likeness (QED) is 0.453. The number of hydrogen-bond acceptors (Lipinski definition) is 3. The third-order valence-electron chi connectivity index (χ3n) is 4.29. The highest BCUT2D eigenvalue weighted by Gasteiger charge is 2.33. The number of benzene rings is 2. The van der Waals surface area contributed by atoms with Crippen LogP contribution in [0.15, 0.2) is 58.5 Å². The van der Waals surface area contributed by atoms with Gasteiger partial charge in [0.15, 0.2) is 0 Å². The fraction of sp³-hybridized carbons (Fsp3) is 0.263. The van der Waals surface area contributed by atoms with E-state index in [1.165, 1.54) is 12.1 Å². The Balaban J connectivity index is 1.57. The minimum atomic E-state index is -1.22. The molecule has 1 aliphatic rings. The van der Waals surface area contributed by atoms with E-state index in [9.17, 15) is 14.0 Å². The Morgan fingerprint density at radius 3 is 2.57 bits per heavy atom. The zero-order chi connectivity index (χ0) is 20.1. The summed E-state index contributed by atoms with van der Waals surface area (Å²) in [5.41, 5.74) is 7.28. The van der Waals surface area contributed by atoms with E-state index in [1.807, 2.05) is 0 Å². The number of halogens is 3. The lowest BCUT2D eigenvalue weighted by atomic mass is 10.2. The number of rotatable bonds is 5. The molecule has 9 heteroatoms. The maximum atomic E-state index is 14.3. The molecule has 1 saturated heterocycles. The van der Waals surface area contributed by atoms with Gasteiger partial charge in [-0.25, -0.2) is 23.8 Å². The Hall–Kier alpha value is -2.71. The number of hydroxylamine groups is 2. The Bertz CT molecular complexity index is 844. The van der Waals surface area contributed by atoms with Gasteiger partial charge >= 0.3 is 0 Å². The molecule has 6 nitrogen and oxygen atoms in total. The molecule has 28 heavy (non-hydrogen) atoms. The van der Waals surface area contributed by atoms with Gasteiger partial charge in [-0.2, -0.15) is 0 Å². The van der Waals surface area contributed by atoms with Crippen LogP contribution in [0.2, 0.25) is 5.02 Å². The standard InChI is InChI=1S/C19H20ClF2N5O/c20-14-3-1-13(2-4-14)9-27(28)12-24-19(23)25-18-11-26(10-17(18)22)16-7-5-15(21)6-8-16/h1-8,12,17-18,28H,9-11H2,(H2,23,25)/t17-,18-/m1/s1. The van der Waals surface area contributed by atoms with Crippen LogP contribution in [0.25, 0.3) is 0 Å². The van der Waals surface area contributed by atoms with Gasteiger partial charge in [0.1, 0.15) is 24.4 Å². The summed E-state index contributed by atoms with van der Waals surface area (Å²) in [6.45, 7) is 0.623. The Morgan fingerprint density at radius 1 is 1.21 bits per heavy atom. The summed E-state index contributed by atoms with van der Waals surface area (Å²) in [5.74, 6) is -0.483. The molecule has 0 amide bonds. The van der Waals surface area contributed by atoms with Gasteiger partial charge in [0.25, 0.3) is 0 Å². The molecule has 0 aromatic heterocycles.